The number of nitro benzene ring substituents is 3. The minimum atomic E-state index is -2.19. The number of cyclic esters (lactones) is 1. The summed E-state index contributed by atoms with van der Waals surface area (Å²) in [6.07, 6.45) is -1.94. The Bertz CT molecular complexity index is 2950. The molecule has 1 aliphatic carbocycles. The Labute approximate surface area is 339 Å². The molecule has 0 unspecified atom stereocenters. The maximum atomic E-state index is 14.0. The van der Waals surface area contributed by atoms with Gasteiger partial charge in [-0.3, -0.25) is 39.9 Å². The summed E-state index contributed by atoms with van der Waals surface area (Å²) < 4.78 is 17.9. The van der Waals surface area contributed by atoms with Gasteiger partial charge >= 0.3 is 11.9 Å². The molecule has 3 aliphatic rings. The maximum Gasteiger partial charge on any atom is 0.355 e. The van der Waals surface area contributed by atoms with Crippen LogP contribution in [0.5, 0.6) is 11.5 Å². The standard InChI is InChI=1S/C37H26BN7O16/c1-3-37(24-12-27-31-17(13-42(27)33(46)23(24)14-56-35(37)48)6-16-7-20(57-36(38)49)4-5-25(16)40-31)58-34(47)15(2)59-41-32-21-8-18(43(50)51)10-26(45(54)55)29(21)30-22(32)9-19(44(52)53)11-28(30)60-61-39/h4-12,15H,3,13-14,38-39H2,1-2H3/b41-32+/t15-,37+/m1/s1. The summed E-state index contributed by atoms with van der Waals surface area (Å²) in [6.45, 7) is 2.35. The van der Waals surface area contributed by atoms with Gasteiger partial charge in [-0.2, -0.15) is 5.90 Å². The highest BCUT2D eigenvalue weighted by Crippen LogP contribution is 2.50. The van der Waals surface area contributed by atoms with Crippen molar-refractivity contribution in [1.29, 1.82) is 0 Å². The molecule has 0 spiro atoms. The first-order valence-corrected chi connectivity index (χ1v) is 17.9. The zero-order valence-electron chi connectivity index (χ0n) is 31.7. The summed E-state index contributed by atoms with van der Waals surface area (Å²) >= 11 is 0. The predicted octanol–water partition coefficient (Wildman–Crippen LogP) is 3.51. The molecule has 5 aromatic rings. The number of ether oxygens (including phenoxy) is 3. The van der Waals surface area contributed by atoms with Crippen molar-refractivity contribution in [2.45, 2.75) is 45.1 Å². The molecule has 8 rings (SSSR count). The molecule has 2 atom stereocenters. The fourth-order valence-corrected chi connectivity index (χ4v) is 7.60. The molecule has 61 heavy (non-hydrogen) atoms. The lowest BCUT2D eigenvalue weighted by Crippen LogP contribution is -2.48. The Morgan fingerprint density at radius 3 is 2.36 bits per heavy atom. The number of carbonyl (C=O) groups excluding carboxylic acids is 3. The summed E-state index contributed by atoms with van der Waals surface area (Å²) in [4.78, 5) is 106. The molecule has 0 radical (unpaired) electrons. The molecule has 2 aliphatic heterocycles. The van der Waals surface area contributed by atoms with Crippen LogP contribution in [0.2, 0.25) is 0 Å². The number of esters is 2. The van der Waals surface area contributed by atoms with Crippen LogP contribution in [0.15, 0.2) is 64.5 Å². The number of hydrogen-bond acceptors (Lipinski definition) is 19. The van der Waals surface area contributed by atoms with Gasteiger partial charge in [0.05, 0.1) is 61.5 Å². The Morgan fingerprint density at radius 1 is 1.00 bits per heavy atom. The third kappa shape index (κ3) is 6.41. The van der Waals surface area contributed by atoms with Crippen molar-refractivity contribution >= 4 is 59.3 Å². The maximum absolute atomic E-state index is 14.0. The van der Waals surface area contributed by atoms with Crippen molar-refractivity contribution in [3.05, 3.63) is 123 Å². The number of benzene rings is 3. The van der Waals surface area contributed by atoms with Gasteiger partial charge in [-0.05, 0) is 43.7 Å². The average molecular weight is 835 g/mol. The second-order valence-corrected chi connectivity index (χ2v) is 13.8. The van der Waals surface area contributed by atoms with E-state index in [1.54, 1.807) is 24.3 Å². The van der Waals surface area contributed by atoms with Crippen LogP contribution in [0.4, 0.5) is 21.9 Å². The third-order valence-corrected chi connectivity index (χ3v) is 10.3. The van der Waals surface area contributed by atoms with Crippen LogP contribution in [0.1, 0.15) is 48.1 Å². The number of nitrogens with zero attached hydrogens (tertiary/aromatic N) is 6. The van der Waals surface area contributed by atoms with Crippen LogP contribution >= 0.6 is 0 Å². The van der Waals surface area contributed by atoms with E-state index < -0.39 is 85.0 Å². The molecule has 2 aromatic heterocycles. The van der Waals surface area contributed by atoms with E-state index in [0.29, 0.717) is 39.7 Å². The van der Waals surface area contributed by atoms with Crippen LogP contribution in [0.3, 0.4) is 0 Å². The first-order chi connectivity index (χ1) is 29.1. The number of fused-ring (bicyclic) bond motifs is 8. The number of aromatic nitrogens is 2. The fraction of sp³-hybridized carbons (Fsp3) is 0.189. The molecule has 23 nitrogen and oxygen atoms in total. The summed E-state index contributed by atoms with van der Waals surface area (Å²) in [6, 6.07) is 11.5. The number of nitro groups is 3. The van der Waals surface area contributed by atoms with Crippen molar-refractivity contribution in [3.63, 3.8) is 0 Å². The van der Waals surface area contributed by atoms with E-state index in [2.05, 4.69) is 10.1 Å². The van der Waals surface area contributed by atoms with E-state index >= 15 is 0 Å². The molecular weight excluding hydrogens is 809 g/mol. The number of pyridine rings is 2. The molecule has 3 aromatic carbocycles. The van der Waals surface area contributed by atoms with Crippen molar-refractivity contribution in [1.82, 2.24) is 9.55 Å². The molecular formula is C37H26BN7O16. The van der Waals surface area contributed by atoms with E-state index in [1.807, 2.05) is 0 Å². The van der Waals surface area contributed by atoms with Crippen LogP contribution in [-0.2, 0) is 47.6 Å². The van der Waals surface area contributed by atoms with Gasteiger partial charge in [0.1, 0.15) is 18.1 Å². The van der Waals surface area contributed by atoms with Crippen molar-refractivity contribution in [2.75, 3.05) is 0 Å². The van der Waals surface area contributed by atoms with Crippen molar-refractivity contribution in [2.24, 2.45) is 11.1 Å². The molecule has 0 saturated carbocycles. The van der Waals surface area contributed by atoms with Crippen LogP contribution in [0, 0.1) is 30.3 Å². The Kier molecular flexibility index (Phi) is 9.51. The predicted molar refractivity (Wildman–Crippen MR) is 207 cm³/mol. The first kappa shape index (κ1) is 39.7. The van der Waals surface area contributed by atoms with Crippen molar-refractivity contribution < 1.29 is 58.1 Å². The molecule has 2 N–H and O–H groups in total. The lowest BCUT2D eigenvalue weighted by atomic mass is 9.85. The summed E-state index contributed by atoms with van der Waals surface area (Å²) in [5, 5.41) is 40.6. The number of oxime groups is 1. The number of hydrogen-bond donors (Lipinski definition) is 1. The second-order valence-electron chi connectivity index (χ2n) is 13.8. The molecule has 0 bridgehead atoms. The highest BCUT2D eigenvalue weighted by atomic mass is 17.3. The molecule has 0 fully saturated rings. The van der Waals surface area contributed by atoms with Gasteiger partial charge in [0.25, 0.3) is 22.6 Å². The second kappa shape index (κ2) is 14.6. The quantitative estimate of drug-likeness (QED) is 0.0640. The molecule has 0 saturated heterocycles. The van der Waals surface area contributed by atoms with Crippen molar-refractivity contribution in [3.8, 4) is 34.0 Å². The number of nitrogens with two attached hydrogens (primary N) is 1. The van der Waals surface area contributed by atoms with E-state index in [1.165, 1.54) is 25.4 Å². The average Bonchev–Trinajstić information content (AvgIpc) is 3.74. The smallest absolute Gasteiger partial charge is 0.355 e. The lowest BCUT2D eigenvalue weighted by molar-refractivity contribution is -0.393. The lowest BCUT2D eigenvalue weighted by Gasteiger charge is -2.36. The Morgan fingerprint density at radius 2 is 1.70 bits per heavy atom. The summed E-state index contributed by atoms with van der Waals surface area (Å²) in [5.74, 6) is 2.16. The van der Waals surface area contributed by atoms with E-state index in [4.69, 9.17) is 34.8 Å². The topological polar surface area (TPSA) is 309 Å². The first-order valence-electron chi connectivity index (χ1n) is 17.9. The monoisotopic (exact) mass is 835 g/mol. The fourth-order valence-electron chi connectivity index (χ4n) is 7.60. The highest BCUT2D eigenvalue weighted by Gasteiger charge is 2.51. The van der Waals surface area contributed by atoms with E-state index in [0.717, 1.165) is 25.1 Å². The minimum Gasteiger partial charge on any atom is -0.457 e. The largest absolute Gasteiger partial charge is 0.457 e. The summed E-state index contributed by atoms with van der Waals surface area (Å²) in [7, 11) is 1.27. The third-order valence-electron chi connectivity index (χ3n) is 10.3. The van der Waals surface area contributed by atoms with Gasteiger partial charge in [-0.1, -0.05) is 17.1 Å². The van der Waals surface area contributed by atoms with Crippen LogP contribution < -0.4 is 21.1 Å². The SMILES string of the molecule is BC(=O)Oc1ccc2nc3c(cc2c1)Cn1c-3cc2c(c1=O)COC(=O)[C@@]2(CC)OC(=O)[C@@H](C)O/N=C1/c2cc([N+](=O)[O-])cc(OON)c2-c2c1cc([N+](=O)[O-])cc2[N+](=O)[O-]. The number of carbonyl (C=O) groups is 3. The minimum absolute atomic E-state index is 0.0322. The van der Waals surface area contributed by atoms with Gasteiger partial charge in [0, 0.05) is 45.3 Å². The summed E-state index contributed by atoms with van der Waals surface area (Å²) in [5.41, 5.74) is -4.54. The normalized spacial score (nSPS) is 16.6. The van der Waals surface area contributed by atoms with Gasteiger partial charge in [-0.25, -0.2) is 14.6 Å². The van der Waals surface area contributed by atoms with Crippen LogP contribution in [0.25, 0.3) is 33.4 Å². The van der Waals surface area contributed by atoms with Gasteiger partial charge < -0.3 is 28.5 Å². The Balaban J connectivity index is 1.17. The molecule has 0 amide bonds. The number of non-ortho nitro benzene ring substituents is 2. The zero-order chi connectivity index (χ0) is 43.7. The molecule has 308 valence electrons. The zero-order valence-corrected chi connectivity index (χ0v) is 31.7. The van der Waals surface area contributed by atoms with Gasteiger partial charge in [0.2, 0.25) is 25.4 Å². The Hall–Kier alpha value is -8.12. The van der Waals surface area contributed by atoms with Gasteiger partial charge in [0.15, 0.2) is 5.75 Å². The van der Waals surface area contributed by atoms with E-state index in [9.17, 15) is 49.5 Å². The highest BCUT2D eigenvalue weighted by molar-refractivity contribution is 6.55. The molecule has 24 heteroatoms. The molecule has 4 heterocycles. The van der Waals surface area contributed by atoms with Gasteiger partial charge in [-0.15, -0.1) is 0 Å². The van der Waals surface area contributed by atoms with Crippen LogP contribution in [-0.4, -0.2) is 61.8 Å². The van der Waals surface area contributed by atoms with E-state index in [-0.39, 0.29) is 46.3 Å². The number of rotatable bonds is 11.